The van der Waals surface area contributed by atoms with Crippen LogP contribution >= 0.6 is 0 Å². The van der Waals surface area contributed by atoms with Gasteiger partial charge in [-0.3, -0.25) is 9.59 Å². The molecule has 1 saturated heterocycles. The van der Waals surface area contributed by atoms with Crippen LogP contribution in [-0.4, -0.2) is 51.7 Å². The molecule has 0 saturated carbocycles. The molecule has 3 aromatic carbocycles. The number of fused-ring (bicyclic) bond motifs is 1. The maximum Gasteiger partial charge on any atom is 0.414 e. The average molecular weight is 479 g/mol. The molecular weight excluding hydrogens is 454 g/mol. The maximum atomic E-state index is 11.7. The number of hydrogen-bond donors (Lipinski definition) is 2. The van der Waals surface area contributed by atoms with Crippen LogP contribution in [0.3, 0.4) is 0 Å². The Hall–Kier alpha value is -4.40. The Morgan fingerprint density at radius 3 is 2.31 bits per heavy atom. The number of aliphatic carboxylic acids is 1. The van der Waals surface area contributed by atoms with Crippen molar-refractivity contribution in [2.24, 2.45) is 0 Å². The van der Waals surface area contributed by atoms with Crippen LogP contribution in [0.2, 0.25) is 0 Å². The Balaban J connectivity index is 0.000000203. The van der Waals surface area contributed by atoms with Crippen molar-refractivity contribution < 1.29 is 38.9 Å². The third-order valence-corrected chi connectivity index (χ3v) is 5.28. The predicted octanol–water partition coefficient (Wildman–Crippen LogP) is 4.09. The highest BCUT2D eigenvalue weighted by Gasteiger charge is 2.37. The average Bonchev–Trinajstić information content (AvgIpc) is 3.22. The predicted molar refractivity (Wildman–Crippen MR) is 126 cm³/mol. The van der Waals surface area contributed by atoms with E-state index in [9.17, 15) is 19.2 Å². The molecule has 0 radical (unpaired) electrons. The monoisotopic (exact) mass is 479 g/mol. The van der Waals surface area contributed by atoms with E-state index in [1.54, 1.807) is 6.07 Å². The summed E-state index contributed by atoms with van der Waals surface area (Å²) in [6.45, 7) is -0.165. The van der Waals surface area contributed by atoms with Crippen molar-refractivity contribution >= 4 is 34.7 Å². The van der Waals surface area contributed by atoms with E-state index < -0.39 is 30.0 Å². The van der Waals surface area contributed by atoms with Gasteiger partial charge in [-0.25, -0.2) is 14.5 Å². The number of amides is 2. The van der Waals surface area contributed by atoms with E-state index in [4.69, 9.17) is 19.7 Å². The van der Waals surface area contributed by atoms with Gasteiger partial charge in [-0.2, -0.15) is 0 Å². The minimum absolute atomic E-state index is 0.0924. The van der Waals surface area contributed by atoms with Crippen molar-refractivity contribution in [2.45, 2.75) is 31.9 Å². The van der Waals surface area contributed by atoms with Gasteiger partial charge in [-0.1, -0.05) is 66.7 Å². The molecule has 9 heteroatoms. The second-order valence-corrected chi connectivity index (χ2v) is 7.75. The molecule has 2 amide bonds. The second-order valence-electron chi connectivity index (χ2n) is 7.75. The van der Waals surface area contributed by atoms with Crippen LogP contribution < -0.4 is 4.74 Å². The molecule has 0 aromatic heterocycles. The summed E-state index contributed by atoms with van der Waals surface area (Å²) in [5.41, 5.74) is 0.860. The van der Waals surface area contributed by atoms with E-state index in [1.807, 2.05) is 66.7 Å². The van der Waals surface area contributed by atoms with Crippen LogP contribution in [0.1, 0.15) is 24.8 Å². The smallest absolute Gasteiger partial charge is 0.414 e. The molecule has 0 aliphatic carbocycles. The Morgan fingerprint density at radius 1 is 0.914 bits per heavy atom. The number of likely N-dealkylation sites (tertiary alicyclic amines) is 1. The van der Waals surface area contributed by atoms with Crippen molar-refractivity contribution in [3.05, 3.63) is 78.4 Å². The number of carbonyl (C=O) groups excluding carboxylic acids is 2. The number of carboxylic acid groups (broad SMARTS) is 2. The standard InChI is InChI=1S/C14H15NO5.C12H10O3/c16-12-7-6-11(15(12)14(18)19)8-13(17)20-9-10-4-2-1-3-5-10;13-12(14)8-15-11-7-3-5-9-4-1-2-6-10(9)11/h1-5,11H,6-9H2,(H,18,19);1-7H,8H2,(H,13,14)/t11-;/m0./s1. The summed E-state index contributed by atoms with van der Waals surface area (Å²) in [6, 6.07) is 21.9. The maximum absolute atomic E-state index is 11.7. The number of esters is 1. The van der Waals surface area contributed by atoms with Crippen LogP contribution in [0.15, 0.2) is 72.8 Å². The number of benzene rings is 3. The zero-order chi connectivity index (χ0) is 25.2. The molecule has 9 nitrogen and oxygen atoms in total. The van der Waals surface area contributed by atoms with Gasteiger partial charge >= 0.3 is 18.0 Å². The first-order valence-corrected chi connectivity index (χ1v) is 10.9. The number of ether oxygens (including phenoxy) is 2. The molecule has 182 valence electrons. The SMILES string of the molecule is O=C(C[C@@H]1CCC(=O)N1C(=O)O)OCc1ccccc1.O=C(O)COc1cccc2ccccc12. The summed E-state index contributed by atoms with van der Waals surface area (Å²) < 4.78 is 10.3. The fraction of sp³-hybridized carbons (Fsp3) is 0.231. The van der Waals surface area contributed by atoms with E-state index in [0.29, 0.717) is 12.2 Å². The molecule has 4 rings (SSSR count). The molecular formula is C26H25NO8. The largest absolute Gasteiger partial charge is 0.481 e. The van der Waals surface area contributed by atoms with Gasteiger partial charge in [0.15, 0.2) is 6.61 Å². The third-order valence-electron chi connectivity index (χ3n) is 5.28. The number of imide groups is 1. The van der Waals surface area contributed by atoms with E-state index >= 15 is 0 Å². The number of carbonyl (C=O) groups is 4. The quantitative estimate of drug-likeness (QED) is 0.485. The van der Waals surface area contributed by atoms with Gasteiger partial charge in [-0.05, 0) is 23.4 Å². The highest BCUT2D eigenvalue weighted by molar-refractivity contribution is 5.94. The van der Waals surface area contributed by atoms with E-state index in [1.165, 1.54) is 0 Å². The summed E-state index contributed by atoms with van der Waals surface area (Å²) in [5.74, 6) is -1.32. The highest BCUT2D eigenvalue weighted by Crippen LogP contribution is 2.25. The molecule has 35 heavy (non-hydrogen) atoms. The van der Waals surface area contributed by atoms with Crippen molar-refractivity contribution in [3.63, 3.8) is 0 Å². The number of nitrogens with zero attached hydrogens (tertiary/aromatic N) is 1. The molecule has 1 aliphatic heterocycles. The zero-order valence-corrected chi connectivity index (χ0v) is 18.8. The van der Waals surface area contributed by atoms with Crippen LogP contribution in [0.5, 0.6) is 5.75 Å². The van der Waals surface area contributed by atoms with E-state index in [2.05, 4.69) is 0 Å². The summed E-state index contributed by atoms with van der Waals surface area (Å²) >= 11 is 0. The lowest BCUT2D eigenvalue weighted by Crippen LogP contribution is -2.38. The van der Waals surface area contributed by atoms with Crippen LogP contribution in [-0.2, 0) is 25.7 Å². The first-order valence-electron chi connectivity index (χ1n) is 10.9. The van der Waals surface area contributed by atoms with Gasteiger partial charge in [0.1, 0.15) is 12.4 Å². The lowest BCUT2D eigenvalue weighted by molar-refractivity contribution is -0.146. The molecule has 0 spiro atoms. The summed E-state index contributed by atoms with van der Waals surface area (Å²) in [6.07, 6.45) is -0.882. The molecule has 1 aliphatic rings. The van der Waals surface area contributed by atoms with Crippen LogP contribution in [0.4, 0.5) is 4.79 Å². The summed E-state index contributed by atoms with van der Waals surface area (Å²) in [5, 5.41) is 19.4. The Morgan fingerprint density at radius 2 is 1.60 bits per heavy atom. The first-order chi connectivity index (χ1) is 16.8. The minimum Gasteiger partial charge on any atom is -0.481 e. The van der Waals surface area contributed by atoms with E-state index in [0.717, 1.165) is 21.2 Å². The topological polar surface area (TPSA) is 130 Å². The van der Waals surface area contributed by atoms with Gasteiger partial charge < -0.3 is 19.7 Å². The van der Waals surface area contributed by atoms with Crippen molar-refractivity contribution in [1.82, 2.24) is 4.90 Å². The van der Waals surface area contributed by atoms with Gasteiger partial charge in [0.2, 0.25) is 5.91 Å². The fourth-order valence-electron chi connectivity index (χ4n) is 3.65. The van der Waals surface area contributed by atoms with Gasteiger partial charge in [0.25, 0.3) is 0 Å². The molecule has 0 unspecified atom stereocenters. The second kappa shape index (κ2) is 12.2. The Kier molecular flexibility index (Phi) is 8.77. The number of hydrogen-bond acceptors (Lipinski definition) is 6. The van der Waals surface area contributed by atoms with Crippen molar-refractivity contribution in [2.75, 3.05) is 6.61 Å². The number of carboxylic acids is 1. The van der Waals surface area contributed by atoms with Gasteiger partial charge in [0.05, 0.1) is 12.5 Å². The van der Waals surface area contributed by atoms with Crippen LogP contribution in [0, 0.1) is 0 Å². The van der Waals surface area contributed by atoms with Crippen LogP contribution in [0.25, 0.3) is 10.8 Å². The normalized spacial score (nSPS) is 14.7. The highest BCUT2D eigenvalue weighted by atomic mass is 16.5. The summed E-state index contributed by atoms with van der Waals surface area (Å²) in [4.78, 5) is 45.1. The molecule has 1 atom stereocenters. The van der Waals surface area contributed by atoms with Gasteiger partial charge in [0, 0.05) is 11.8 Å². The van der Waals surface area contributed by atoms with Gasteiger partial charge in [-0.15, -0.1) is 0 Å². The lowest BCUT2D eigenvalue weighted by Gasteiger charge is -2.18. The molecule has 0 bridgehead atoms. The fourth-order valence-corrected chi connectivity index (χ4v) is 3.65. The number of rotatable bonds is 7. The molecule has 2 N–H and O–H groups in total. The molecule has 1 heterocycles. The Bertz CT molecular complexity index is 1190. The Labute approximate surface area is 201 Å². The minimum atomic E-state index is -1.31. The van der Waals surface area contributed by atoms with Crippen molar-refractivity contribution in [1.29, 1.82) is 0 Å². The van der Waals surface area contributed by atoms with Crippen molar-refractivity contribution in [3.8, 4) is 5.75 Å². The zero-order valence-electron chi connectivity index (χ0n) is 18.8. The lowest BCUT2D eigenvalue weighted by atomic mass is 10.1. The molecule has 1 fully saturated rings. The van der Waals surface area contributed by atoms with E-state index in [-0.39, 0.29) is 26.1 Å². The summed E-state index contributed by atoms with van der Waals surface area (Å²) in [7, 11) is 0. The first kappa shape index (κ1) is 25.2. The third kappa shape index (κ3) is 7.29. The molecule has 3 aromatic rings.